The number of amides is 1. The smallest absolute Gasteiger partial charge is 0.340 e. The molecule has 4 rings (SSSR count). The van der Waals surface area contributed by atoms with Gasteiger partial charge in [-0.15, -0.1) is 0 Å². The molecular weight excluding hydrogens is 488 g/mol. The molecule has 0 aliphatic carbocycles. The van der Waals surface area contributed by atoms with E-state index in [9.17, 15) is 18.0 Å². The Labute approximate surface area is 216 Å². The highest BCUT2D eigenvalue weighted by molar-refractivity contribution is 7.92. The Balaban J connectivity index is 1.77. The molecular formula is C29H26N2O5S. The highest BCUT2D eigenvalue weighted by Crippen LogP contribution is 2.30. The van der Waals surface area contributed by atoms with Crippen molar-refractivity contribution in [2.24, 2.45) is 0 Å². The molecule has 0 unspecified atom stereocenters. The van der Waals surface area contributed by atoms with Crippen LogP contribution in [0.25, 0.3) is 0 Å². The van der Waals surface area contributed by atoms with Gasteiger partial charge in [0.25, 0.3) is 15.9 Å². The van der Waals surface area contributed by atoms with Crippen molar-refractivity contribution in [2.75, 3.05) is 16.2 Å². The van der Waals surface area contributed by atoms with E-state index in [-0.39, 0.29) is 40.5 Å². The molecule has 188 valence electrons. The lowest BCUT2D eigenvalue weighted by atomic mass is 10.1. The molecule has 0 fully saturated rings. The summed E-state index contributed by atoms with van der Waals surface area (Å²) >= 11 is 0. The summed E-state index contributed by atoms with van der Waals surface area (Å²) in [5, 5.41) is 2.76. The van der Waals surface area contributed by atoms with Crippen LogP contribution in [0.2, 0.25) is 0 Å². The summed E-state index contributed by atoms with van der Waals surface area (Å²) in [5.74, 6) is -1.13. The van der Waals surface area contributed by atoms with E-state index in [0.717, 1.165) is 5.56 Å². The number of anilines is 2. The van der Waals surface area contributed by atoms with Gasteiger partial charge in [-0.25, -0.2) is 13.2 Å². The molecule has 0 spiro atoms. The molecule has 37 heavy (non-hydrogen) atoms. The van der Waals surface area contributed by atoms with Gasteiger partial charge in [0.05, 0.1) is 40.5 Å². The number of ether oxygens (including phenoxy) is 1. The van der Waals surface area contributed by atoms with E-state index >= 15 is 0 Å². The molecule has 0 saturated carbocycles. The molecule has 7 nitrogen and oxygen atoms in total. The molecule has 0 heterocycles. The Hall–Kier alpha value is -4.43. The molecule has 0 atom stereocenters. The van der Waals surface area contributed by atoms with Crippen molar-refractivity contribution in [2.45, 2.75) is 18.4 Å². The Kier molecular flexibility index (Phi) is 8.00. The number of sulfonamides is 1. The third kappa shape index (κ3) is 5.87. The van der Waals surface area contributed by atoms with E-state index in [4.69, 9.17) is 4.74 Å². The van der Waals surface area contributed by atoms with Crippen LogP contribution in [0.1, 0.15) is 33.2 Å². The molecule has 0 radical (unpaired) electrons. The summed E-state index contributed by atoms with van der Waals surface area (Å²) in [4.78, 5) is 26.0. The van der Waals surface area contributed by atoms with Crippen molar-refractivity contribution in [1.29, 1.82) is 0 Å². The molecule has 0 bridgehead atoms. The molecule has 0 saturated heterocycles. The summed E-state index contributed by atoms with van der Waals surface area (Å²) in [7, 11) is -4.03. The number of hydrogen-bond acceptors (Lipinski definition) is 5. The SMILES string of the molecule is CCOC(=O)c1ccccc1NC(=O)c1ccccc1N(Cc1ccccc1)S(=O)(=O)c1ccccc1. The van der Waals surface area contributed by atoms with Crippen LogP contribution in [0.15, 0.2) is 114 Å². The lowest BCUT2D eigenvalue weighted by Crippen LogP contribution is -2.32. The number of para-hydroxylation sites is 2. The number of hydrogen-bond donors (Lipinski definition) is 1. The average molecular weight is 515 g/mol. The lowest BCUT2D eigenvalue weighted by Gasteiger charge is -2.26. The molecule has 0 aliphatic rings. The van der Waals surface area contributed by atoms with Gasteiger partial charge in [0.1, 0.15) is 0 Å². The number of carbonyl (C=O) groups is 2. The fourth-order valence-electron chi connectivity index (χ4n) is 3.82. The quantitative estimate of drug-likeness (QED) is 0.297. The van der Waals surface area contributed by atoms with E-state index in [0.29, 0.717) is 0 Å². The zero-order valence-corrected chi connectivity index (χ0v) is 21.0. The normalized spacial score (nSPS) is 10.9. The van der Waals surface area contributed by atoms with Gasteiger partial charge in [-0.3, -0.25) is 9.10 Å². The Morgan fingerprint density at radius 2 is 1.32 bits per heavy atom. The monoisotopic (exact) mass is 514 g/mol. The zero-order chi connectivity index (χ0) is 26.3. The molecule has 8 heteroatoms. The number of nitrogens with zero attached hydrogens (tertiary/aromatic N) is 1. The first-order chi connectivity index (χ1) is 17.9. The van der Waals surface area contributed by atoms with E-state index in [1.807, 2.05) is 30.3 Å². The first-order valence-electron chi connectivity index (χ1n) is 11.7. The minimum absolute atomic E-state index is 0.0156. The van der Waals surface area contributed by atoms with Gasteiger partial charge in [-0.2, -0.15) is 0 Å². The molecule has 1 amide bonds. The second kappa shape index (κ2) is 11.5. The van der Waals surface area contributed by atoms with Gasteiger partial charge in [0.15, 0.2) is 0 Å². The first-order valence-corrected chi connectivity index (χ1v) is 13.1. The highest BCUT2D eigenvalue weighted by atomic mass is 32.2. The van der Waals surface area contributed by atoms with Crippen molar-refractivity contribution in [3.05, 3.63) is 126 Å². The average Bonchev–Trinajstić information content (AvgIpc) is 2.93. The Bertz CT molecular complexity index is 1490. The van der Waals surface area contributed by atoms with Crippen LogP contribution in [0, 0.1) is 0 Å². The first kappa shape index (κ1) is 25.7. The number of nitrogens with one attached hydrogen (secondary N) is 1. The number of carbonyl (C=O) groups excluding carboxylic acids is 2. The fourth-order valence-corrected chi connectivity index (χ4v) is 5.31. The van der Waals surface area contributed by atoms with Crippen molar-refractivity contribution < 1.29 is 22.7 Å². The lowest BCUT2D eigenvalue weighted by molar-refractivity contribution is 0.0527. The van der Waals surface area contributed by atoms with E-state index in [1.165, 1.54) is 16.4 Å². The van der Waals surface area contributed by atoms with Crippen LogP contribution >= 0.6 is 0 Å². The second-order valence-corrected chi connectivity index (χ2v) is 9.91. The van der Waals surface area contributed by atoms with Crippen molar-refractivity contribution in [3.63, 3.8) is 0 Å². The Morgan fingerprint density at radius 3 is 2.00 bits per heavy atom. The van der Waals surface area contributed by atoms with Gasteiger partial charge in [0.2, 0.25) is 0 Å². The van der Waals surface area contributed by atoms with Crippen molar-refractivity contribution >= 4 is 33.3 Å². The topological polar surface area (TPSA) is 92.8 Å². The van der Waals surface area contributed by atoms with Gasteiger partial charge in [0, 0.05) is 0 Å². The zero-order valence-electron chi connectivity index (χ0n) is 20.2. The highest BCUT2D eigenvalue weighted by Gasteiger charge is 2.29. The number of rotatable bonds is 9. The van der Waals surface area contributed by atoms with Crippen LogP contribution in [0.3, 0.4) is 0 Å². The van der Waals surface area contributed by atoms with Crippen molar-refractivity contribution in [3.8, 4) is 0 Å². The summed E-state index contributed by atoms with van der Waals surface area (Å²) < 4.78 is 34.0. The maximum absolute atomic E-state index is 13.8. The molecule has 4 aromatic carbocycles. The predicted octanol–water partition coefficient (Wildman–Crippen LogP) is 5.51. The van der Waals surface area contributed by atoms with E-state index < -0.39 is 21.9 Å². The van der Waals surface area contributed by atoms with Gasteiger partial charge < -0.3 is 10.1 Å². The van der Waals surface area contributed by atoms with Gasteiger partial charge in [-0.1, -0.05) is 72.8 Å². The summed E-state index contributed by atoms with van der Waals surface area (Å²) in [6.07, 6.45) is 0. The standard InChI is InChI=1S/C29H26N2O5S/c1-2-36-29(33)24-17-9-11-19-26(24)30-28(32)25-18-10-12-20-27(25)31(21-22-13-5-3-6-14-22)37(34,35)23-15-7-4-8-16-23/h3-20H,2,21H2,1H3,(H,30,32). The minimum Gasteiger partial charge on any atom is -0.462 e. The second-order valence-electron chi connectivity index (χ2n) is 8.05. The number of esters is 1. The third-order valence-corrected chi connectivity index (χ3v) is 7.36. The molecule has 0 aromatic heterocycles. The summed E-state index contributed by atoms with van der Waals surface area (Å²) in [5.41, 5.74) is 1.57. The minimum atomic E-state index is -4.03. The van der Waals surface area contributed by atoms with E-state index in [2.05, 4.69) is 5.32 Å². The van der Waals surface area contributed by atoms with Crippen LogP contribution in [0.5, 0.6) is 0 Å². The summed E-state index contributed by atoms with van der Waals surface area (Å²) in [6.45, 7) is 1.90. The van der Waals surface area contributed by atoms with Crippen LogP contribution in [-0.2, 0) is 21.3 Å². The predicted molar refractivity (Wildman–Crippen MR) is 143 cm³/mol. The van der Waals surface area contributed by atoms with Crippen LogP contribution in [0.4, 0.5) is 11.4 Å². The Morgan fingerprint density at radius 1 is 0.757 bits per heavy atom. The van der Waals surface area contributed by atoms with E-state index in [1.54, 1.807) is 73.7 Å². The van der Waals surface area contributed by atoms with Crippen molar-refractivity contribution in [1.82, 2.24) is 0 Å². The van der Waals surface area contributed by atoms with Crippen LogP contribution < -0.4 is 9.62 Å². The van der Waals surface area contributed by atoms with Crippen LogP contribution in [-0.4, -0.2) is 26.9 Å². The third-order valence-electron chi connectivity index (χ3n) is 5.59. The molecule has 0 aliphatic heterocycles. The summed E-state index contributed by atoms with van der Waals surface area (Å²) in [6, 6.07) is 30.2. The van der Waals surface area contributed by atoms with Gasteiger partial charge in [-0.05, 0) is 48.9 Å². The molecule has 4 aromatic rings. The van der Waals surface area contributed by atoms with Gasteiger partial charge >= 0.3 is 5.97 Å². The number of benzene rings is 4. The maximum atomic E-state index is 13.8. The maximum Gasteiger partial charge on any atom is 0.340 e. The fraction of sp³-hybridized carbons (Fsp3) is 0.103. The largest absolute Gasteiger partial charge is 0.462 e. The molecule has 1 N–H and O–H groups in total.